The molecule has 0 saturated carbocycles. The van der Waals surface area contributed by atoms with Crippen molar-refractivity contribution in [3.8, 4) is 0 Å². The zero-order valence-corrected chi connectivity index (χ0v) is 11.9. The molecule has 94 valence electrons. The lowest BCUT2D eigenvalue weighted by molar-refractivity contribution is 0.0680. The highest BCUT2D eigenvalue weighted by Gasteiger charge is 2.25. The number of hydrogen-bond acceptors (Lipinski definition) is 4. The predicted molar refractivity (Wildman–Crippen MR) is 73.9 cm³/mol. The number of nitrogens with zero attached hydrogens (tertiary/aromatic N) is 2. The molecule has 1 saturated heterocycles. The van der Waals surface area contributed by atoms with Crippen LogP contribution >= 0.6 is 23.1 Å². The van der Waals surface area contributed by atoms with Crippen molar-refractivity contribution in [2.24, 2.45) is 5.92 Å². The van der Waals surface area contributed by atoms with E-state index in [0.717, 1.165) is 30.3 Å². The summed E-state index contributed by atoms with van der Waals surface area (Å²) < 4.78 is 0. The monoisotopic (exact) mass is 270 g/mol. The van der Waals surface area contributed by atoms with Gasteiger partial charge >= 0.3 is 0 Å². The smallest absolute Gasteiger partial charge is 0.273 e. The lowest BCUT2D eigenvalue weighted by Gasteiger charge is -2.32. The minimum absolute atomic E-state index is 0.111. The predicted octanol–water partition coefficient (Wildman–Crippen LogP) is 2.67. The average Bonchev–Trinajstić information content (AvgIpc) is 2.76. The molecule has 0 N–H and O–H groups in total. The Bertz CT molecular complexity index is 390. The number of thiazole rings is 1. The Balaban J connectivity index is 1.99. The van der Waals surface area contributed by atoms with Crippen molar-refractivity contribution in [1.29, 1.82) is 0 Å². The summed E-state index contributed by atoms with van der Waals surface area (Å²) in [6.45, 7) is 3.73. The molecule has 0 bridgehead atoms. The van der Waals surface area contributed by atoms with E-state index in [-0.39, 0.29) is 5.91 Å². The molecule has 17 heavy (non-hydrogen) atoms. The molecule has 5 heteroatoms. The molecule has 0 spiro atoms. The molecule has 1 fully saturated rings. The van der Waals surface area contributed by atoms with Gasteiger partial charge in [-0.05, 0) is 37.7 Å². The number of likely N-dealkylation sites (tertiary alicyclic amines) is 1. The van der Waals surface area contributed by atoms with Crippen molar-refractivity contribution in [2.45, 2.75) is 19.8 Å². The fourth-order valence-corrected chi connectivity index (χ4v) is 3.58. The van der Waals surface area contributed by atoms with Gasteiger partial charge in [0.05, 0.1) is 5.01 Å². The summed E-state index contributed by atoms with van der Waals surface area (Å²) in [4.78, 5) is 18.5. The molecule has 1 amide bonds. The molecule has 2 rings (SSSR count). The number of aryl methyl sites for hydroxylation is 1. The van der Waals surface area contributed by atoms with Gasteiger partial charge in [0.1, 0.15) is 5.69 Å². The first-order valence-corrected chi connectivity index (χ1v) is 8.18. The third kappa shape index (κ3) is 3.22. The van der Waals surface area contributed by atoms with Crippen LogP contribution in [0.25, 0.3) is 0 Å². The quantitative estimate of drug-likeness (QED) is 0.846. The number of aromatic nitrogens is 1. The molecular weight excluding hydrogens is 252 g/mol. The second-order valence-electron chi connectivity index (χ2n) is 4.47. The molecule has 0 aliphatic carbocycles. The van der Waals surface area contributed by atoms with E-state index < -0.39 is 0 Å². The van der Waals surface area contributed by atoms with Crippen molar-refractivity contribution in [1.82, 2.24) is 9.88 Å². The number of piperidine rings is 1. The van der Waals surface area contributed by atoms with Gasteiger partial charge < -0.3 is 4.90 Å². The van der Waals surface area contributed by atoms with Gasteiger partial charge in [0.25, 0.3) is 5.91 Å². The minimum atomic E-state index is 0.111. The summed E-state index contributed by atoms with van der Waals surface area (Å²) in [5.74, 6) is 1.92. The van der Waals surface area contributed by atoms with Gasteiger partial charge in [-0.3, -0.25) is 4.79 Å². The van der Waals surface area contributed by atoms with Gasteiger partial charge in [-0.2, -0.15) is 11.8 Å². The van der Waals surface area contributed by atoms with Crippen molar-refractivity contribution < 1.29 is 4.79 Å². The average molecular weight is 270 g/mol. The third-order valence-electron chi connectivity index (χ3n) is 3.05. The molecule has 1 aliphatic heterocycles. The van der Waals surface area contributed by atoms with Gasteiger partial charge in [-0.15, -0.1) is 11.3 Å². The van der Waals surface area contributed by atoms with Gasteiger partial charge in [-0.25, -0.2) is 4.98 Å². The highest BCUT2D eigenvalue weighted by atomic mass is 32.2. The Morgan fingerprint density at radius 3 is 3.18 bits per heavy atom. The summed E-state index contributed by atoms with van der Waals surface area (Å²) in [6, 6.07) is 0. The van der Waals surface area contributed by atoms with Gasteiger partial charge in [0.2, 0.25) is 0 Å². The summed E-state index contributed by atoms with van der Waals surface area (Å²) in [6.07, 6.45) is 4.51. The first-order chi connectivity index (χ1) is 8.20. The second-order valence-corrected chi connectivity index (χ2v) is 6.44. The van der Waals surface area contributed by atoms with E-state index in [9.17, 15) is 4.79 Å². The van der Waals surface area contributed by atoms with Gasteiger partial charge in [-0.1, -0.05) is 0 Å². The Hall–Kier alpha value is -0.550. The largest absolute Gasteiger partial charge is 0.337 e. The Morgan fingerprint density at radius 1 is 1.71 bits per heavy atom. The molecule has 0 aromatic carbocycles. The van der Waals surface area contributed by atoms with Crippen molar-refractivity contribution in [3.05, 3.63) is 16.1 Å². The van der Waals surface area contributed by atoms with E-state index in [4.69, 9.17) is 0 Å². The highest BCUT2D eigenvalue weighted by Crippen LogP contribution is 2.21. The zero-order chi connectivity index (χ0) is 12.3. The fourth-order valence-electron chi connectivity index (χ4n) is 2.24. The number of thioether (sulfide) groups is 1. The van der Waals surface area contributed by atoms with Crippen LogP contribution in [0.3, 0.4) is 0 Å². The first kappa shape index (κ1) is 12.9. The number of carbonyl (C=O) groups excluding carboxylic acids is 1. The molecule has 0 radical (unpaired) electrons. The van der Waals surface area contributed by atoms with Crippen LogP contribution in [0.4, 0.5) is 0 Å². The summed E-state index contributed by atoms with van der Waals surface area (Å²) >= 11 is 3.42. The summed E-state index contributed by atoms with van der Waals surface area (Å²) in [7, 11) is 0. The fraction of sp³-hybridized carbons (Fsp3) is 0.667. The van der Waals surface area contributed by atoms with Crippen LogP contribution in [0.5, 0.6) is 0 Å². The number of rotatable bonds is 3. The number of hydrogen-bond donors (Lipinski definition) is 0. The van der Waals surface area contributed by atoms with Crippen molar-refractivity contribution in [2.75, 3.05) is 25.1 Å². The summed E-state index contributed by atoms with van der Waals surface area (Å²) in [5, 5.41) is 2.83. The molecule has 1 aliphatic rings. The van der Waals surface area contributed by atoms with Crippen molar-refractivity contribution >= 4 is 29.0 Å². The maximum atomic E-state index is 12.2. The Labute approximate surface area is 111 Å². The van der Waals surface area contributed by atoms with Gasteiger partial charge in [0.15, 0.2) is 0 Å². The third-order valence-corrected chi connectivity index (χ3v) is 4.62. The normalized spacial score (nSPS) is 20.6. The molecule has 1 aromatic heterocycles. The van der Waals surface area contributed by atoms with Crippen LogP contribution in [-0.4, -0.2) is 40.9 Å². The molecular formula is C12H18N2OS2. The van der Waals surface area contributed by atoms with E-state index in [1.54, 1.807) is 11.3 Å². The van der Waals surface area contributed by atoms with Crippen LogP contribution in [-0.2, 0) is 0 Å². The van der Waals surface area contributed by atoms with E-state index in [1.165, 1.54) is 6.42 Å². The van der Waals surface area contributed by atoms with Crippen LogP contribution in [0.2, 0.25) is 0 Å². The molecule has 3 nitrogen and oxygen atoms in total. The van der Waals surface area contributed by atoms with Crippen LogP contribution in [0.15, 0.2) is 5.38 Å². The lowest BCUT2D eigenvalue weighted by atomic mass is 10.00. The number of amides is 1. The van der Waals surface area contributed by atoms with Crippen LogP contribution in [0, 0.1) is 12.8 Å². The van der Waals surface area contributed by atoms with E-state index >= 15 is 0 Å². The molecule has 1 aromatic rings. The maximum Gasteiger partial charge on any atom is 0.273 e. The van der Waals surface area contributed by atoms with E-state index in [0.29, 0.717) is 11.6 Å². The second kappa shape index (κ2) is 5.87. The van der Waals surface area contributed by atoms with Crippen LogP contribution in [0.1, 0.15) is 28.3 Å². The standard InChI is InChI=1S/C12H18N2OS2/c1-9-13-11(8-17-9)12(15)14-5-3-4-10(6-14)7-16-2/h8,10H,3-7H2,1-2H3/t10-/m0/s1. The number of carbonyl (C=O) groups is 1. The minimum Gasteiger partial charge on any atom is -0.337 e. The Morgan fingerprint density at radius 2 is 2.53 bits per heavy atom. The first-order valence-electron chi connectivity index (χ1n) is 5.91. The van der Waals surface area contributed by atoms with Gasteiger partial charge in [0, 0.05) is 18.5 Å². The van der Waals surface area contributed by atoms with Crippen LogP contribution < -0.4 is 0 Å². The van der Waals surface area contributed by atoms with Crippen molar-refractivity contribution in [3.63, 3.8) is 0 Å². The Kier molecular flexibility index (Phi) is 4.45. The summed E-state index contributed by atoms with van der Waals surface area (Å²) in [5.41, 5.74) is 0.623. The maximum absolute atomic E-state index is 12.2. The molecule has 0 unspecified atom stereocenters. The lowest BCUT2D eigenvalue weighted by Crippen LogP contribution is -2.40. The molecule has 1 atom stereocenters. The topological polar surface area (TPSA) is 33.2 Å². The SMILES string of the molecule is CSC[C@H]1CCCN(C(=O)c2csc(C)n2)C1. The highest BCUT2D eigenvalue weighted by molar-refractivity contribution is 7.98. The zero-order valence-electron chi connectivity index (χ0n) is 10.3. The molecule has 2 heterocycles. The van der Waals surface area contributed by atoms with E-state index in [1.807, 2.05) is 29.0 Å². The van der Waals surface area contributed by atoms with E-state index in [2.05, 4.69) is 11.2 Å².